The largest absolute Gasteiger partial charge is 0.508 e. The lowest BCUT2D eigenvalue weighted by atomic mass is 10.0. The van der Waals surface area contributed by atoms with Crippen molar-refractivity contribution in [3.05, 3.63) is 29.8 Å². The highest BCUT2D eigenvalue weighted by molar-refractivity contribution is 7.79. The zero-order valence-electron chi connectivity index (χ0n) is 6.68. The van der Waals surface area contributed by atoms with E-state index in [1.807, 2.05) is 0 Å². The fourth-order valence-corrected chi connectivity index (χ4v) is 1.23. The maximum absolute atomic E-state index is 10.7. The van der Waals surface area contributed by atoms with Crippen LogP contribution in [0.5, 0.6) is 5.75 Å². The van der Waals surface area contributed by atoms with Gasteiger partial charge in [0.2, 0.25) is 0 Å². The first-order valence-electron chi connectivity index (χ1n) is 3.62. The molecule has 0 fully saturated rings. The van der Waals surface area contributed by atoms with Crippen LogP contribution in [0.15, 0.2) is 24.3 Å². The van der Waals surface area contributed by atoms with E-state index >= 15 is 0 Å². The zero-order valence-corrected chi connectivity index (χ0v) is 7.49. The normalized spacial score (nSPS) is 12.0. The molecule has 0 bridgehead atoms. The molecule has 0 aliphatic carbocycles. The first-order valence-corrected chi connectivity index (χ1v) is 4.09. The van der Waals surface area contributed by atoms with Crippen molar-refractivity contribution < 1.29 is 15.0 Å². The van der Waals surface area contributed by atoms with Gasteiger partial charge in [-0.2, -0.15) is 0 Å². The van der Waals surface area contributed by atoms with E-state index in [-0.39, 0.29) is 5.75 Å². The Morgan fingerprint density at radius 3 is 2.31 bits per heavy atom. The van der Waals surface area contributed by atoms with E-state index < -0.39 is 11.9 Å². The Bertz CT molecular complexity index is 318. The number of carboxylic acids is 1. The molecule has 0 aliphatic rings. The maximum Gasteiger partial charge on any atom is 0.315 e. The van der Waals surface area contributed by atoms with E-state index in [0.717, 1.165) is 0 Å². The number of thiocarbonyl (C=S) groups is 1. The Hall–Kier alpha value is -1.42. The van der Waals surface area contributed by atoms with Crippen LogP contribution < -0.4 is 0 Å². The molecule has 0 spiro atoms. The van der Waals surface area contributed by atoms with Crippen molar-refractivity contribution in [1.29, 1.82) is 0 Å². The minimum absolute atomic E-state index is 0.109. The number of phenols is 1. The lowest BCUT2D eigenvalue weighted by molar-refractivity contribution is -0.136. The quantitative estimate of drug-likeness (QED) is 0.720. The first-order chi connectivity index (χ1) is 6.15. The summed E-state index contributed by atoms with van der Waals surface area (Å²) >= 11 is 4.60. The predicted molar refractivity (Wildman–Crippen MR) is 52.1 cm³/mol. The molecule has 0 heterocycles. The minimum atomic E-state index is -0.985. The molecule has 0 amide bonds. The SMILES string of the molecule is O=C(O)C(C=S)c1ccc(O)cc1. The molecule has 2 N–H and O–H groups in total. The summed E-state index contributed by atoms with van der Waals surface area (Å²) in [6.07, 6.45) is 0. The Morgan fingerprint density at radius 2 is 1.92 bits per heavy atom. The van der Waals surface area contributed by atoms with E-state index in [2.05, 4.69) is 12.2 Å². The van der Waals surface area contributed by atoms with Crippen molar-refractivity contribution >= 4 is 23.6 Å². The second kappa shape index (κ2) is 4.00. The van der Waals surface area contributed by atoms with E-state index in [0.29, 0.717) is 5.56 Å². The summed E-state index contributed by atoms with van der Waals surface area (Å²) in [5.74, 6) is -1.66. The molecule has 1 aromatic rings. The van der Waals surface area contributed by atoms with Gasteiger partial charge in [-0.05, 0) is 23.1 Å². The van der Waals surface area contributed by atoms with Crippen molar-refractivity contribution in [3.63, 3.8) is 0 Å². The van der Waals surface area contributed by atoms with Crippen LogP contribution in [-0.4, -0.2) is 21.5 Å². The monoisotopic (exact) mass is 196 g/mol. The second-order valence-electron chi connectivity index (χ2n) is 2.54. The average molecular weight is 196 g/mol. The number of aliphatic carboxylic acids is 1. The molecule has 0 saturated carbocycles. The molecule has 3 nitrogen and oxygen atoms in total. The van der Waals surface area contributed by atoms with Crippen LogP contribution >= 0.6 is 12.2 Å². The van der Waals surface area contributed by atoms with Gasteiger partial charge in [-0.1, -0.05) is 24.4 Å². The summed E-state index contributed by atoms with van der Waals surface area (Å²) in [7, 11) is 0. The smallest absolute Gasteiger partial charge is 0.315 e. The molecule has 4 heteroatoms. The van der Waals surface area contributed by atoms with Gasteiger partial charge in [-0.15, -0.1) is 0 Å². The maximum atomic E-state index is 10.7. The molecule has 0 saturated heterocycles. The lowest BCUT2D eigenvalue weighted by Gasteiger charge is -2.05. The number of hydrogen-bond donors (Lipinski definition) is 2. The molecular weight excluding hydrogens is 188 g/mol. The third kappa shape index (κ3) is 2.26. The van der Waals surface area contributed by atoms with Gasteiger partial charge in [0, 0.05) is 0 Å². The zero-order chi connectivity index (χ0) is 9.84. The molecule has 1 aromatic carbocycles. The summed E-state index contributed by atoms with van der Waals surface area (Å²) in [6, 6.07) is 5.95. The van der Waals surface area contributed by atoms with Crippen LogP contribution in [0.3, 0.4) is 0 Å². The van der Waals surface area contributed by atoms with Gasteiger partial charge in [0.15, 0.2) is 0 Å². The molecule has 1 unspecified atom stereocenters. The van der Waals surface area contributed by atoms with E-state index in [9.17, 15) is 4.79 Å². The number of benzene rings is 1. The van der Waals surface area contributed by atoms with Crippen molar-refractivity contribution in [2.24, 2.45) is 0 Å². The molecule has 0 radical (unpaired) electrons. The van der Waals surface area contributed by atoms with Crippen LogP contribution in [-0.2, 0) is 4.79 Å². The van der Waals surface area contributed by atoms with Crippen LogP contribution in [0.2, 0.25) is 0 Å². The Labute approximate surface area is 80.6 Å². The van der Waals surface area contributed by atoms with E-state index in [1.165, 1.54) is 29.6 Å². The molecule has 0 aromatic heterocycles. The van der Waals surface area contributed by atoms with E-state index in [1.54, 1.807) is 0 Å². The number of carboxylic acid groups (broad SMARTS) is 1. The highest BCUT2D eigenvalue weighted by atomic mass is 32.1. The van der Waals surface area contributed by atoms with Crippen LogP contribution in [0.25, 0.3) is 0 Å². The molecular formula is C9H8O3S. The molecule has 0 aliphatic heterocycles. The van der Waals surface area contributed by atoms with Crippen molar-refractivity contribution in [2.75, 3.05) is 0 Å². The van der Waals surface area contributed by atoms with Gasteiger partial charge in [0.25, 0.3) is 0 Å². The topological polar surface area (TPSA) is 57.5 Å². The van der Waals surface area contributed by atoms with Crippen LogP contribution in [0.1, 0.15) is 11.5 Å². The van der Waals surface area contributed by atoms with E-state index in [4.69, 9.17) is 10.2 Å². The number of carbonyl (C=O) groups is 1. The highest BCUT2D eigenvalue weighted by Gasteiger charge is 2.15. The van der Waals surface area contributed by atoms with Gasteiger partial charge in [0.05, 0.1) is 0 Å². The minimum Gasteiger partial charge on any atom is -0.508 e. The average Bonchev–Trinajstić information content (AvgIpc) is 2.09. The predicted octanol–water partition coefficient (Wildman–Crippen LogP) is 1.56. The third-order valence-electron chi connectivity index (χ3n) is 1.65. The van der Waals surface area contributed by atoms with Crippen molar-refractivity contribution in [2.45, 2.75) is 5.92 Å². The summed E-state index contributed by atoms with van der Waals surface area (Å²) in [6.45, 7) is 0. The Kier molecular flexibility index (Phi) is 2.97. The van der Waals surface area contributed by atoms with Gasteiger partial charge in [-0.3, -0.25) is 4.79 Å². The molecule has 68 valence electrons. The number of aromatic hydroxyl groups is 1. The molecule has 13 heavy (non-hydrogen) atoms. The summed E-state index contributed by atoms with van der Waals surface area (Å²) in [5, 5.41) is 18.9. The lowest BCUT2D eigenvalue weighted by Crippen LogP contribution is -2.11. The van der Waals surface area contributed by atoms with Crippen LogP contribution in [0.4, 0.5) is 0 Å². The summed E-state index contributed by atoms with van der Waals surface area (Å²) in [5.41, 5.74) is 0.570. The van der Waals surface area contributed by atoms with Crippen molar-refractivity contribution in [1.82, 2.24) is 0 Å². The number of rotatable bonds is 3. The van der Waals surface area contributed by atoms with Gasteiger partial charge >= 0.3 is 5.97 Å². The van der Waals surface area contributed by atoms with Gasteiger partial charge < -0.3 is 10.2 Å². The standard InChI is InChI=1S/C9H8O3S/c10-7-3-1-6(2-4-7)8(5-13)9(11)12/h1-5,8,10H,(H,11,12). The third-order valence-corrected chi connectivity index (χ3v) is 1.93. The fraction of sp³-hybridized carbons (Fsp3) is 0.111. The summed E-state index contributed by atoms with van der Waals surface area (Å²) in [4.78, 5) is 10.7. The number of hydrogen-bond acceptors (Lipinski definition) is 3. The summed E-state index contributed by atoms with van der Waals surface area (Å²) < 4.78 is 0. The second-order valence-corrected chi connectivity index (χ2v) is 2.82. The van der Waals surface area contributed by atoms with Crippen molar-refractivity contribution in [3.8, 4) is 5.75 Å². The van der Waals surface area contributed by atoms with Gasteiger partial charge in [-0.25, -0.2) is 0 Å². The first kappa shape index (κ1) is 9.67. The molecule has 1 rings (SSSR count). The number of phenolic OH excluding ortho intramolecular Hbond substituents is 1. The van der Waals surface area contributed by atoms with Crippen LogP contribution in [0, 0.1) is 0 Å². The Balaban J connectivity index is 2.99. The highest BCUT2D eigenvalue weighted by Crippen LogP contribution is 2.17. The van der Waals surface area contributed by atoms with Gasteiger partial charge in [0.1, 0.15) is 11.7 Å². The Morgan fingerprint density at radius 1 is 1.38 bits per heavy atom. The molecule has 1 atom stereocenters. The fourth-order valence-electron chi connectivity index (χ4n) is 0.961.